The number of nitrogens with zero attached hydrogens (tertiary/aromatic N) is 1. The van der Waals surface area contributed by atoms with Crippen LogP contribution in [0.15, 0.2) is 84.9 Å². The van der Waals surface area contributed by atoms with E-state index >= 15 is 0 Å². The summed E-state index contributed by atoms with van der Waals surface area (Å²) in [5, 5.41) is 11.4. The van der Waals surface area contributed by atoms with Crippen LogP contribution >= 0.6 is 0 Å². The standard InChI is InChI=1S/C18H16N2O.H2O/c21-18-13-11-15(12-14-18)19-20(16-7-3-1-4-8-16)17-9-5-2-6-10-17;/h1-14,19,21H;1H2. The minimum Gasteiger partial charge on any atom is -0.508 e. The molecule has 112 valence electrons. The van der Waals surface area contributed by atoms with Crippen molar-refractivity contribution < 1.29 is 10.6 Å². The summed E-state index contributed by atoms with van der Waals surface area (Å²) in [6.07, 6.45) is 0. The molecule has 22 heavy (non-hydrogen) atoms. The Labute approximate surface area is 129 Å². The fraction of sp³-hybridized carbons (Fsp3) is 0. The summed E-state index contributed by atoms with van der Waals surface area (Å²) < 4.78 is 0. The SMILES string of the molecule is O.Oc1ccc(NN(c2ccccc2)c2ccccc2)cc1. The van der Waals surface area contributed by atoms with E-state index in [9.17, 15) is 5.11 Å². The highest BCUT2D eigenvalue weighted by molar-refractivity contribution is 5.68. The molecule has 0 bridgehead atoms. The molecule has 0 unspecified atom stereocenters. The summed E-state index contributed by atoms with van der Waals surface area (Å²) in [6, 6.07) is 27.2. The molecular weight excluding hydrogens is 276 g/mol. The third-order valence-electron chi connectivity index (χ3n) is 3.14. The van der Waals surface area contributed by atoms with Gasteiger partial charge in [-0.2, -0.15) is 0 Å². The molecule has 0 spiro atoms. The van der Waals surface area contributed by atoms with E-state index in [1.54, 1.807) is 12.1 Å². The maximum absolute atomic E-state index is 9.38. The highest BCUT2D eigenvalue weighted by atomic mass is 16.3. The highest BCUT2D eigenvalue weighted by Gasteiger charge is 2.08. The minimum absolute atomic E-state index is 0. The fourth-order valence-corrected chi connectivity index (χ4v) is 2.10. The Balaban J connectivity index is 0.00000176. The minimum atomic E-state index is 0. The monoisotopic (exact) mass is 294 g/mol. The van der Waals surface area contributed by atoms with Gasteiger partial charge in [0.15, 0.2) is 0 Å². The Bertz CT molecular complexity index is 646. The van der Waals surface area contributed by atoms with Gasteiger partial charge in [0.05, 0.1) is 17.1 Å². The average Bonchev–Trinajstić information content (AvgIpc) is 2.56. The summed E-state index contributed by atoms with van der Waals surface area (Å²) in [5.74, 6) is 0.256. The van der Waals surface area contributed by atoms with Gasteiger partial charge in [0, 0.05) is 0 Å². The fourth-order valence-electron chi connectivity index (χ4n) is 2.10. The predicted octanol–water partition coefficient (Wildman–Crippen LogP) is 3.73. The Morgan fingerprint density at radius 1 is 0.636 bits per heavy atom. The van der Waals surface area contributed by atoms with Gasteiger partial charge in [0.1, 0.15) is 5.75 Å². The zero-order valence-corrected chi connectivity index (χ0v) is 12.0. The van der Waals surface area contributed by atoms with Crippen LogP contribution < -0.4 is 10.4 Å². The van der Waals surface area contributed by atoms with E-state index in [1.165, 1.54) is 0 Å². The van der Waals surface area contributed by atoms with E-state index in [4.69, 9.17) is 0 Å². The third-order valence-corrected chi connectivity index (χ3v) is 3.14. The van der Waals surface area contributed by atoms with Crippen molar-refractivity contribution >= 4 is 17.1 Å². The summed E-state index contributed by atoms with van der Waals surface area (Å²) >= 11 is 0. The first kappa shape index (κ1) is 15.4. The molecule has 0 aliphatic rings. The molecule has 0 atom stereocenters. The molecule has 0 aliphatic carbocycles. The molecule has 0 amide bonds. The normalized spacial score (nSPS) is 9.64. The predicted molar refractivity (Wildman–Crippen MR) is 90.4 cm³/mol. The number of anilines is 3. The van der Waals surface area contributed by atoms with Gasteiger partial charge in [-0.25, -0.2) is 0 Å². The van der Waals surface area contributed by atoms with Gasteiger partial charge >= 0.3 is 0 Å². The summed E-state index contributed by atoms with van der Waals surface area (Å²) in [5.41, 5.74) is 6.34. The number of hydrogen-bond donors (Lipinski definition) is 2. The molecule has 3 aromatic rings. The molecule has 0 saturated carbocycles. The van der Waals surface area contributed by atoms with E-state index < -0.39 is 0 Å². The summed E-state index contributed by atoms with van der Waals surface area (Å²) in [4.78, 5) is 0. The molecule has 0 fully saturated rings. The number of aromatic hydroxyl groups is 1. The lowest BCUT2D eigenvalue weighted by Gasteiger charge is -2.26. The van der Waals surface area contributed by atoms with Crippen molar-refractivity contribution in [2.24, 2.45) is 0 Å². The molecule has 0 saturated heterocycles. The number of hydrazine groups is 1. The van der Waals surface area contributed by atoms with Crippen LogP contribution in [-0.4, -0.2) is 10.6 Å². The number of benzene rings is 3. The highest BCUT2D eigenvalue weighted by Crippen LogP contribution is 2.26. The van der Waals surface area contributed by atoms with E-state index in [-0.39, 0.29) is 11.2 Å². The van der Waals surface area contributed by atoms with Crippen LogP contribution in [0.4, 0.5) is 17.1 Å². The zero-order valence-electron chi connectivity index (χ0n) is 12.0. The van der Waals surface area contributed by atoms with Crippen LogP contribution in [0.3, 0.4) is 0 Å². The molecule has 0 heterocycles. The quantitative estimate of drug-likeness (QED) is 0.569. The van der Waals surface area contributed by atoms with Crippen molar-refractivity contribution in [1.82, 2.24) is 0 Å². The molecule has 0 aliphatic heterocycles. The number of hydrogen-bond acceptors (Lipinski definition) is 3. The lowest BCUT2D eigenvalue weighted by molar-refractivity contribution is 0.475. The number of phenolic OH excluding ortho intramolecular Hbond substituents is 1. The van der Waals surface area contributed by atoms with Crippen LogP contribution in [0.25, 0.3) is 0 Å². The van der Waals surface area contributed by atoms with Gasteiger partial charge in [-0.1, -0.05) is 36.4 Å². The number of nitrogens with one attached hydrogen (secondary N) is 1. The molecular formula is C18H18N2O2. The first-order valence-corrected chi connectivity index (χ1v) is 6.79. The van der Waals surface area contributed by atoms with Gasteiger partial charge in [0.2, 0.25) is 0 Å². The van der Waals surface area contributed by atoms with Crippen LogP contribution in [0.2, 0.25) is 0 Å². The molecule has 4 heteroatoms. The van der Waals surface area contributed by atoms with Gasteiger partial charge in [0.25, 0.3) is 0 Å². The summed E-state index contributed by atoms with van der Waals surface area (Å²) in [6.45, 7) is 0. The van der Waals surface area contributed by atoms with Crippen molar-refractivity contribution in [3.8, 4) is 5.75 Å². The Morgan fingerprint density at radius 3 is 1.55 bits per heavy atom. The third kappa shape index (κ3) is 3.56. The van der Waals surface area contributed by atoms with Gasteiger partial charge < -0.3 is 10.6 Å². The Hall–Kier alpha value is -2.98. The average molecular weight is 294 g/mol. The van der Waals surface area contributed by atoms with Crippen molar-refractivity contribution in [3.63, 3.8) is 0 Å². The number of rotatable bonds is 4. The van der Waals surface area contributed by atoms with Crippen molar-refractivity contribution in [2.45, 2.75) is 0 Å². The Morgan fingerprint density at radius 2 is 1.09 bits per heavy atom. The molecule has 3 rings (SSSR count). The second kappa shape index (κ2) is 7.15. The number of phenols is 1. The molecule has 0 radical (unpaired) electrons. The summed E-state index contributed by atoms with van der Waals surface area (Å²) in [7, 11) is 0. The second-order valence-corrected chi connectivity index (χ2v) is 4.67. The van der Waals surface area contributed by atoms with Gasteiger partial charge in [-0.3, -0.25) is 10.4 Å². The molecule has 0 aromatic heterocycles. The molecule has 3 aromatic carbocycles. The van der Waals surface area contributed by atoms with E-state index in [1.807, 2.05) is 77.8 Å². The van der Waals surface area contributed by atoms with Crippen molar-refractivity contribution in [2.75, 3.05) is 10.4 Å². The topological polar surface area (TPSA) is 67.0 Å². The Kier molecular flexibility index (Phi) is 5.01. The van der Waals surface area contributed by atoms with Crippen LogP contribution in [0, 0.1) is 0 Å². The first-order valence-electron chi connectivity index (χ1n) is 6.79. The largest absolute Gasteiger partial charge is 0.508 e. The maximum Gasteiger partial charge on any atom is 0.115 e. The van der Waals surface area contributed by atoms with Gasteiger partial charge in [-0.05, 0) is 48.5 Å². The van der Waals surface area contributed by atoms with E-state index in [0.29, 0.717) is 0 Å². The molecule has 4 N–H and O–H groups in total. The molecule has 4 nitrogen and oxygen atoms in total. The van der Waals surface area contributed by atoms with Crippen LogP contribution in [0.1, 0.15) is 0 Å². The maximum atomic E-state index is 9.38. The van der Waals surface area contributed by atoms with E-state index in [2.05, 4.69) is 5.43 Å². The van der Waals surface area contributed by atoms with Crippen molar-refractivity contribution in [3.05, 3.63) is 84.9 Å². The van der Waals surface area contributed by atoms with Crippen LogP contribution in [-0.2, 0) is 0 Å². The second-order valence-electron chi connectivity index (χ2n) is 4.67. The number of para-hydroxylation sites is 2. The smallest absolute Gasteiger partial charge is 0.115 e. The van der Waals surface area contributed by atoms with E-state index in [0.717, 1.165) is 17.1 Å². The first-order chi connectivity index (χ1) is 10.3. The van der Waals surface area contributed by atoms with Gasteiger partial charge in [-0.15, -0.1) is 0 Å². The zero-order chi connectivity index (χ0) is 14.5. The lowest BCUT2D eigenvalue weighted by atomic mass is 10.2. The van der Waals surface area contributed by atoms with Crippen molar-refractivity contribution in [1.29, 1.82) is 0 Å². The lowest BCUT2D eigenvalue weighted by Crippen LogP contribution is -2.24. The van der Waals surface area contributed by atoms with Crippen LogP contribution in [0.5, 0.6) is 5.75 Å².